The summed E-state index contributed by atoms with van der Waals surface area (Å²) < 4.78 is 0. The number of para-hydroxylation sites is 1. The molecule has 0 unspecified atom stereocenters. The molecular weight excluding hydrogens is 256 g/mol. The van der Waals surface area contributed by atoms with Gasteiger partial charge >= 0.3 is 0 Å². The average molecular weight is 282 g/mol. The fraction of sp³-hybridized carbons (Fsp3) is 0.368. The zero-order valence-corrected chi connectivity index (χ0v) is 13.9. The third-order valence-corrected chi connectivity index (χ3v) is 3.44. The van der Waals surface area contributed by atoms with Crippen LogP contribution in [0, 0.1) is 0 Å². The van der Waals surface area contributed by atoms with E-state index >= 15 is 0 Å². The van der Waals surface area contributed by atoms with E-state index in [1.54, 1.807) is 6.08 Å². The number of rotatable bonds is 6. The molecule has 0 spiro atoms. The van der Waals surface area contributed by atoms with Crippen molar-refractivity contribution < 1.29 is 0 Å². The van der Waals surface area contributed by atoms with Crippen LogP contribution >= 0.6 is 0 Å². The van der Waals surface area contributed by atoms with Gasteiger partial charge in [0, 0.05) is 0 Å². The van der Waals surface area contributed by atoms with E-state index in [4.69, 9.17) is 4.99 Å². The minimum absolute atomic E-state index is 0.429. The van der Waals surface area contributed by atoms with Crippen molar-refractivity contribution in [2.75, 3.05) is 0 Å². The molecule has 0 radical (unpaired) electrons. The van der Waals surface area contributed by atoms with Gasteiger partial charge in [0.15, 0.2) is 0 Å². The van der Waals surface area contributed by atoms with Crippen LogP contribution in [0.25, 0.3) is 0 Å². The van der Waals surface area contributed by atoms with E-state index < -0.39 is 0 Å². The molecule has 0 heterocycles. The van der Waals surface area contributed by atoms with Crippen molar-refractivity contribution >= 4 is 18.1 Å². The number of hydrogen-bond donors (Lipinski definition) is 0. The van der Waals surface area contributed by atoms with Crippen molar-refractivity contribution in [2.24, 2.45) is 9.98 Å². The normalized spacial score (nSPS) is 12.9. The third kappa shape index (κ3) is 4.25. The number of aliphatic imine (C=N–C) groups is 2. The summed E-state index contributed by atoms with van der Waals surface area (Å²) in [4.78, 5) is 8.89. The Bertz CT molecular complexity index is 549. The van der Waals surface area contributed by atoms with Gasteiger partial charge in [-0.15, -0.1) is 0 Å². The molecule has 112 valence electrons. The Morgan fingerprint density at radius 2 is 1.62 bits per heavy atom. The standard InChI is InChI=1S/C19H26N2/c1-8-10-18(20-7)15(6)21-19-16(13(2)3)11-9-12-17(19)14(4)5/h8-14H,1,7H2,2-6H3/b18-10-,21-15?. The molecule has 0 aliphatic heterocycles. The minimum atomic E-state index is 0.429. The molecule has 0 atom stereocenters. The van der Waals surface area contributed by atoms with Gasteiger partial charge in [0.1, 0.15) is 0 Å². The van der Waals surface area contributed by atoms with Crippen molar-refractivity contribution in [3.05, 3.63) is 53.8 Å². The summed E-state index contributed by atoms with van der Waals surface area (Å²) in [5, 5.41) is 0. The van der Waals surface area contributed by atoms with Crippen molar-refractivity contribution in [1.82, 2.24) is 0 Å². The van der Waals surface area contributed by atoms with Crippen LogP contribution in [0.15, 0.2) is 52.6 Å². The molecule has 1 aromatic carbocycles. The molecule has 0 N–H and O–H groups in total. The van der Waals surface area contributed by atoms with Crippen LogP contribution in [-0.2, 0) is 0 Å². The second-order valence-electron chi connectivity index (χ2n) is 5.74. The Balaban J connectivity index is 3.50. The van der Waals surface area contributed by atoms with Gasteiger partial charge in [-0.1, -0.05) is 58.5 Å². The average Bonchev–Trinajstić information content (AvgIpc) is 2.44. The Morgan fingerprint density at radius 3 is 2.00 bits per heavy atom. The molecule has 2 nitrogen and oxygen atoms in total. The van der Waals surface area contributed by atoms with Gasteiger partial charge in [-0.3, -0.25) is 9.98 Å². The summed E-state index contributed by atoms with van der Waals surface area (Å²) in [5.74, 6) is 0.859. The molecule has 0 fully saturated rings. The molecular formula is C19H26N2. The van der Waals surface area contributed by atoms with Crippen molar-refractivity contribution in [2.45, 2.75) is 46.5 Å². The first-order valence-electron chi connectivity index (χ1n) is 7.40. The van der Waals surface area contributed by atoms with E-state index in [1.165, 1.54) is 11.1 Å². The largest absolute Gasteiger partial charge is 0.263 e. The predicted molar refractivity (Wildman–Crippen MR) is 95.2 cm³/mol. The molecule has 0 saturated carbocycles. The summed E-state index contributed by atoms with van der Waals surface area (Å²) in [7, 11) is 0. The monoisotopic (exact) mass is 282 g/mol. The fourth-order valence-electron chi connectivity index (χ4n) is 2.27. The van der Waals surface area contributed by atoms with Crippen molar-refractivity contribution in [1.29, 1.82) is 0 Å². The third-order valence-electron chi connectivity index (χ3n) is 3.44. The maximum atomic E-state index is 4.86. The predicted octanol–water partition coefficient (Wildman–Crippen LogP) is 5.80. The van der Waals surface area contributed by atoms with Gasteiger partial charge < -0.3 is 0 Å². The lowest BCUT2D eigenvalue weighted by Crippen LogP contribution is -1.99. The van der Waals surface area contributed by atoms with E-state index in [1.807, 2.05) is 13.0 Å². The highest BCUT2D eigenvalue weighted by molar-refractivity contribution is 6.00. The lowest BCUT2D eigenvalue weighted by atomic mass is 9.93. The SMILES string of the molecule is C=C/C=C(\N=C)C(C)=Nc1c(C(C)C)cccc1C(C)C. The zero-order chi connectivity index (χ0) is 16.0. The van der Waals surface area contributed by atoms with Crippen LogP contribution in [-0.4, -0.2) is 12.4 Å². The lowest BCUT2D eigenvalue weighted by Gasteiger charge is -2.17. The molecule has 0 bridgehead atoms. The summed E-state index contributed by atoms with van der Waals surface area (Å²) >= 11 is 0. The first-order chi connectivity index (χ1) is 9.92. The van der Waals surface area contributed by atoms with Crippen molar-refractivity contribution in [3.63, 3.8) is 0 Å². The van der Waals surface area contributed by atoms with Gasteiger partial charge in [-0.2, -0.15) is 0 Å². The molecule has 0 aliphatic rings. The zero-order valence-electron chi connectivity index (χ0n) is 13.9. The molecule has 2 heteroatoms. The van der Waals surface area contributed by atoms with Gasteiger partial charge in [0.05, 0.1) is 17.1 Å². The van der Waals surface area contributed by atoms with Gasteiger partial charge in [0.2, 0.25) is 0 Å². The Hall–Kier alpha value is -1.96. The lowest BCUT2D eigenvalue weighted by molar-refractivity contribution is 0.834. The number of allylic oxidation sites excluding steroid dienone is 3. The molecule has 21 heavy (non-hydrogen) atoms. The molecule has 1 aromatic rings. The van der Waals surface area contributed by atoms with Gasteiger partial charge in [0.25, 0.3) is 0 Å². The molecule has 0 saturated heterocycles. The molecule has 1 rings (SSSR count). The van der Waals surface area contributed by atoms with Crippen LogP contribution < -0.4 is 0 Å². The van der Waals surface area contributed by atoms with Crippen LogP contribution in [0.2, 0.25) is 0 Å². The molecule has 0 aromatic heterocycles. The van der Waals surface area contributed by atoms with Crippen LogP contribution in [0.5, 0.6) is 0 Å². The maximum absolute atomic E-state index is 4.86. The first kappa shape index (κ1) is 17.1. The maximum Gasteiger partial charge on any atom is 0.0834 e. The highest BCUT2D eigenvalue weighted by Crippen LogP contribution is 2.35. The smallest absolute Gasteiger partial charge is 0.0834 e. The second kappa shape index (κ2) is 7.72. The van der Waals surface area contributed by atoms with E-state index in [-0.39, 0.29) is 0 Å². The Labute approximate surface area is 129 Å². The van der Waals surface area contributed by atoms with E-state index in [9.17, 15) is 0 Å². The van der Waals surface area contributed by atoms with E-state index in [0.29, 0.717) is 11.8 Å². The topological polar surface area (TPSA) is 24.7 Å². The summed E-state index contributed by atoms with van der Waals surface area (Å²) in [5.41, 5.74) is 5.22. The highest BCUT2D eigenvalue weighted by Gasteiger charge is 2.13. The summed E-state index contributed by atoms with van der Waals surface area (Å²) in [6.45, 7) is 18.1. The van der Waals surface area contributed by atoms with Gasteiger partial charge in [-0.25, -0.2) is 0 Å². The quantitative estimate of drug-likeness (QED) is 0.465. The van der Waals surface area contributed by atoms with Gasteiger partial charge in [-0.05, 0) is 42.7 Å². The highest BCUT2D eigenvalue weighted by atomic mass is 14.8. The Morgan fingerprint density at radius 1 is 1.10 bits per heavy atom. The summed E-state index contributed by atoms with van der Waals surface area (Å²) in [6, 6.07) is 6.42. The van der Waals surface area contributed by atoms with E-state index in [0.717, 1.165) is 17.1 Å². The number of nitrogens with zero attached hydrogens (tertiary/aromatic N) is 2. The van der Waals surface area contributed by atoms with Crippen LogP contribution in [0.3, 0.4) is 0 Å². The minimum Gasteiger partial charge on any atom is -0.263 e. The second-order valence-corrected chi connectivity index (χ2v) is 5.74. The fourth-order valence-corrected chi connectivity index (χ4v) is 2.27. The van der Waals surface area contributed by atoms with E-state index in [2.05, 4.69) is 64.2 Å². The van der Waals surface area contributed by atoms with Crippen LogP contribution in [0.4, 0.5) is 5.69 Å². The van der Waals surface area contributed by atoms with Crippen LogP contribution in [0.1, 0.15) is 57.6 Å². The molecule has 0 amide bonds. The Kier molecular flexibility index (Phi) is 6.29. The summed E-state index contributed by atoms with van der Waals surface area (Å²) in [6.07, 6.45) is 3.54. The first-order valence-corrected chi connectivity index (χ1v) is 7.40. The number of hydrogen-bond acceptors (Lipinski definition) is 2. The molecule has 0 aliphatic carbocycles. The van der Waals surface area contributed by atoms with Crippen molar-refractivity contribution in [3.8, 4) is 0 Å². The number of benzene rings is 1.